The molecule has 1 fully saturated rings. The highest BCUT2D eigenvalue weighted by molar-refractivity contribution is 9.10. The molecule has 0 amide bonds. The highest BCUT2D eigenvalue weighted by Gasteiger charge is 2.30. The molecule has 1 unspecified atom stereocenters. The molecule has 1 atom stereocenters. The van der Waals surface area contributed by atoms with E-state index in [1.807, 2.05) is 37.3 Å². The Labute approximate surface area is 164 Å². The third-order valence-electron chi connectivity index (χ3n) is 4.16. The molecule has 1 aliphatic rings. The van der Waals surface area contributed by atoms with E-state index in [4.69, 9.17) is 4.52 Å². The lowest BCUT2D eigenvalue weighted by molar-refractivity contribution is 0.374. The summed E-state index contributed by atoms with van der Waals surface area (Å²) >= 11 is 5.02. The highest BCUT2D eigenvalue weighted by Crippen LogP contribution is 2.40. The van der Waals surface area contributed by atoms with Crippen molar-refractivity contribution >= 4 is 27.7 Å². The fourth-order valence-corrected chi connectivity index (χ4v) is 3.76. The molecule has 26 heavy (non-hydrogen) atoms. The molecule has 2 heterocycles. The Morgan fingerprint density at radius 1 is 1.35 bits per heavy atom. The number of halogens is 1. The molecule has 134 valence electrons. The van der Waals surface area contributed by atoms with Crippen LogP contribution in [-0.4, -0.2) is 24.9 Å². The number of rotatable bonds is 7. The van der Waals surface area contributed by atoms with Crippen LogP contribution in [0.3, 0.4) is 0 Å². The molecule has 1 aromatic carbocycles. The summed E-state index contributed by atoms with van der Waals surface area (Å²) in [7, 11) is 0. The topological polar surface area (TPSA) is 69.6 Å². The molecule has 8 heteroatoms. The van der Waals surface area contributed by atoms with Crippen molar-refractivity contribution in [3.8, 4) is 11.4 Å². The maximum absolute atomic E-state index is 5.44. The SMILES string of the molecule is C=CCn1c(SC(C)c2nc(C3CC3)no2)nnc1-c1ccc(Br)cc1. The first-order chi connectivity index (χ1) is 12.7. The van der Waals surface area contributed by atoms with Crippen LogP contribution in [-0.2, 0) is 6.54 Å². The largest absolute Gasteiger partial charge is 0.338 e. The second-order valence-electron chi connectivity index (χ2n) is 6.24. The fraction of sp³-hybridized carbons (Fsp3) is 0.333. The molecule has 0 N–H and O–H groups in total. The van der Waals surface area contributed by atoms with Gasteiger partial charge in [0.05, 0.1) is 5.25 Å². The van der Waals surface area contributed by atoms with Gasteiger partial charge in [0, 0.05) is 22.5 Å². The molecule has 0 radical (unpaired) electrons. The second kappa shape index (κ2) is 7.36. The van der Waals surface area contributed by atoms with Crippen LogP contribution in [0.2, 0.25) is 0 Å². The van der Waals surface area contributed by atoms with Crippen LogP contribution in [0, 0.1) is 0 Å². The van der Waals surface area contributed by atoms with E-state index in [1.54, 1.807) is 11.8 Å². The van der Waals surface area contributed by atoms with Crippen molar-refractivity contribution in [1.29, 1.82) is 0 Å². The van der Waals surface area contributed by atoms with Gasteiger partial charge < -0.3 is 4.52 Å². The van der Waals surface area contributed by atoms with Crippen LogP contribution in [0.15, 0.2) is 51.1 Å². The Balaban J connectivity index is 1.58. The lowest BCUT2D eigenvalue weighted by Gasteiger charge is -2.09. The first-order valence-corrected chi connectivity index (χ1v) is 10.1. The minimum absolute atomic E-state index is 0.000494. The third kappa shape index (κ3) is 3.61. The van der Waals surface area contributed by atoms with E-state index in [9.17, 15) is 0 Å². The van der Waals surface area contributed by atoms with Crippen molar-refractivity contribution in [1.82, 2.24) is 24.9 Å². The van der Waals surface area contributed by atoms with E-state index in [0.717, 1.165) is 39.7 Å². The summed E-state index contributed by atoms with van der Waals surface area (Å²) < 4.78 is 8.52. The first kappa shape index (κ1) is 17.5. The zero-order valence-electron chi connectivity index (χ0n) is 14.3. The monoisotopic (exact) mass is 431 g/mol. The molecule has 0 saturated heterocycles. The molecule has 1 saturated carbocycles. The number of nitrogens with zero attached hydrogens (tertiary/aromatic N) is 5. The van der Waals surface area contributed by atoms with Gasteiger partial charge in [-0.15, -0.1) is 16.8 Å². The minimum atomic E-state index is 0.000494. The summed E-state index contributed by atoms with van der Waals surface area (Å²) in [6, 6.07) is 8.03. The second-order valence-corrected chi connectivity index (χ2v) is 8.46. The van der Waals surface area contributed by atoms with E-state index in [1.165, 1.54) is 0 Å². The number of benzene rings is 1. The lowest BCUT2D eigenvalue weighted by atomic mass is 10.2. The molecule has 3 aromatic rings. The van der Waals surface area contributed by atoms with Gasteiger partial charge in [-0.25, -0.2) is 0 Å². The van der Waals surface area contributed by atoms with E-state index in [0.29, 0.717) is 18.4 Å². The van der Waals surface area contributed by atoms with Crippen molar-refractivity contribution in [2.24, 2.45) is 0 Å². The molecule has 4 rings (SSSR count). The Kier molecular flexibility index (Phi) is 4.95. The maximum atomic E-state index is 5.44. The third-order valence-corrected chi connectivity index (χ3v) is 5.76. The molecule has 2 aromatic heterocycles. The van der Waals surface area contributed by atoms with Crippen molar-refractivity contribution in [2.45, 2.75) is 42.6 Å². The Morgan fingerprint density at radius 3 is 2.81 bits per heavy atom. The van der Waals surface area contributed by atoms with Gasteiger partial charge >= 0.3 is 0 Å². The van der Waals surface area contributed by atoms with E-state index < -0.39 is 0 Å². The highest BCUT2D eigenvalue weighted by atomic mass is 79.9. The quantitative estimate of drug-likeness (QED) is 0.386. The fourth-order valence-electron chi connectivity index (χ4n) is 2.61. The van der Waals surface area contributed by atoms with Crippen molar-refractivity contribution in [3.63, 3.8) is 0 Å². The predicted molar refractivity (Wildman–Crippen MR) is 104 cm³/mol. The standard InChI is InChI=1S/C18H18BrN5OS/c1-3-10-24-16(13-6-8-14(19)9-7-13)21-22-18(24)26-11(2)17-20-15(23-25-17)12-4-5-12/h3,6-9,11-12H,1,4-5,10H2,2H3. The molecule has 1 aliphatic carbocycles. The Morgan fingerprint density at radius 2 is 2.12 bits per heavy atom. The minimum Gasteiger partial charge on any atom is -0.338 e. The van der Waals surface area contributed by atoms with Gasteiger partial charge in [-0.2, -0.15) is 4.98 Å². The zero-order chi connectivity index (χ0) is 18.1. The van der Waals surface area contributed by atoms with Crippen molar-refractivity contribution < 1.29 is 4.52 Å². The van der Waals surface area contributed by atoms with Crippen molar-refractivity contribution in [3.05, 3.63) is 53.1 Å². The van der Waals surface area contributed by atoms with Gasteiger partial charge in [0.1, 0.15) is 0 Å². The molecular weight excluding hydrogens is 414 g/mol. The van der Waals surface area contributed by atoms with Gasteiger partial charge in [0.15, 0.2) is 16.8 Å². The van der Waals surface area contributed by atoms with E-state index >= 15 is 0 Å². The van der Waals surface area contributed by atoms with Gasteiger partial charge in [-0.1, -0.05) is 51.1 Å². The van der Waals surface area contributed by atoms with Crippen LogP contribution in [0.1, 0.15) is 42.6 Å². The molecule has 0 spiro atoms. The van der Waals surface area contributed by atoms with Gasteiger partial charge in [0.2, 0.25) is 5.89 Å². The smallest absolute Gasteiger partial charge is 0.239 e. The van der Waals surface area contributed by atoms with Crippen LogP contribution in [0.5, 0.6) is 0 Å². The van der Waals surface area contributed by atoms with Gasteiger partial charge in [-0.3, -0.25) is 4.57 Å². The van der Waals surface area contributed by atoms with Crippen LogP contribution < -0.4 is 0 Å². The lowest BCUT2D eigenvalue weighted by Crippen LogP contribution is -2.02. The van der Waals surface area contributed by atoms with E-state index in [-0.39, 0.29) is 5.25 Å². The summed E-state index contributed by atoms with van der Waals surface area (Å²) in [4.78, 5) is 4.54. The first-order valence-electron chi connectivity index (χ1n) is 8.46. The Bertz CT molecular complexity index is 916. The van der Waals surface area contributed by atoms with E-state index in [2.05, 4.69) is 47.4 Å². The van der Waals surface area contributed by atoms with Crippen LogP contribution in [0.4, 0.5) is 0 Å². The van der Waals surface area contributed by atoms with Crippen LogP contribution >= 0.6 is 27.7 Å². The number of hydrogen-bond donors (Lipinski definition) is 0. The molecule has 6 nitrogen and oxygen atoms in total. The zero-order valence-corrected chi connectivity index (χ0v) is 16.7. The van der Waals surface area contributed by atoms with Gasteiger partial charge in [-0.05, 0) is 31.9 Å². The summed E-state index contributed by atoms with van der Waals surface area (Å²) in [5.41, 5.74) is 1.01. The molecular formula is C18H18BrN5OS. The Hall–Kier alpha value is -1.93. The average molecular weight is 432 g/mol. The molecule has 0 bridgehead atoms. The summed E-state index contributed by atoms with van der Waals surface area (Å²) in [6.45, 7) is 6.53. The number of aromatic nitrogens is 5. The number of thioether (sulfide) groups is 1. The van der Waals surface area contributed by atoms with Crippen molar-refractivity contribution in [2.75, 3.05) is 0 Å². The summed E-state index contributed by atoms with van der Waals surface area (Å²) in [5.74, 6) is 2.76. The molecule has 0 aliphatic heterocycles. The number of allylic oxidation sites excluding steroid dienone is 1. The summed E-state index contributed by atoms with van der Waals surface area (Å²) in [5, 5.41) is 13.7. The average Bonchev–Trinajstić information content (AvgIpc) is 3.24. The van der Waals surface area contributed by atoms with Crippen LogP contribution in [0.25, 0.3) is 11.4 Å². The summed E-state index contributed by atoms with van der Waals surface area (Å²) in [6.07, 6.45) is 4.16. The maximum Gasteiger partial charge on any atom is 0.239 e. The normalized spacial score (nSPS) is 15.2. The number of hydrogen-bond acceptors (Lipinski definition) is 6. The van der Waals surface area contributed by atoms with Gasteiger partial charge in [0.25, 0.3) is 0 Å². The predicted octanol–water partition coefficient (Wildman–Crippen LogP) is 5.01.